The molecule has 1 aliphatic heterocycles. The molecule has 0 radical (unpaired) electrons. The third-order valence-corrected chi connectivity index (χ3v) is 1.89. The molecule has 0 spiro atoms. The lowest BCUT2D eigenvalue weighted by Gasteiger charge is -2.05. The van der Waals surface area contributed by atoms with Crippen LogP contribution in [0.1, 0.15) is 16.5 Å². The van der Waals surface area contributed by atoms with Crippen LogP contribution in [0.5, 0.6) is 11.5 Å². The van der Waals surface area contributed by atoms with E-state index in [4.69, 9.17) is 19.3 Å². The molecule has 1 aromatic carbocycles. The molecule has 2 rings (SSSR count). The lowest BCUT2D eigenvalue weighted by molar-refractivity contribution is 0.174. The van der Waals surface area contributed by atoms with Gasteiger partial charge >= 0.3 is 0 Å². The molecule has 0 bridgehead atoms. The van der Waals surface area contributed by atoms with Crippen molar-refractivity contribution in [1.29, 1.82) is 0 Å². The van der Waals surface area contributed by atoms with E-state index >= 15 is 0 Å². The number of halogens is 1. The quantitative estimate of drug-likeness (QED) is 0.822. The van der Waals surface area contributed by atoms with E-state index in [9.17, 15) is 0 Å². The largest absolute Gasteiger partial charge is 0.454 e. The second kappa shape index (κ2) is 4.53. The van der Waals surface area contributed by atoms with Gasteiger partial charge in [-0.3, -0.25) is 0 Å². The van der Waals surface area contributed by atoms with Crippen LogP contribution in [0.15, 0.2) is 18.2 Å². The van der Waals surface area contributed by atoms with Gasteiger partial charge < -0.3 is 15.2 Å². The third-order valence-electron chi connectivity index (χ3n) is 1.89. The lowest BCUT2D eigenvalue weighted by atomic mass is 10.1. The van der Waals surface area contributed by atoms with E-state index in [2.05, 4.69) is 0 Å². The summed E-state index contributed by atoms with van der Waals surface area (Å²) in [5.74, 6) is 1.33. The van der Waals surface area contributed by atoms with E-state index in [-0.39, 0.29) is 19.2 Å². The zero-order chi connectivity index (χ0) is 11.8. The van der Waals surface area contributed by atoms with Gasteiger partial charge in [-0.05, 0) is 31.0 Å². The lowest BCUT2D eigenvalue weighted by Crippen LogP contribution is -2.17. The van der Waals surface area contributed by atoms with Gasteiger partial charge in [-0.15, -0.1) is 12.4 Å². The zero-order valence-electron chi connectivity index (χ0n) is 10.5. The van der Waals surface area contributed by atoms with Crippen molar-refractivity contribution in [1.82, 2.24) is 0 Å². The number of nitrogens with two attached hydrogens (primary N) is 1. The Morgan fingerprint density at radius 2 is 2.29 bits per heavy atom. The molecule has 4 heteroatoms. The van der Waals surface area contributed by atoms with Crippen molar-refractivity contribution in [3.05, 3.63) is 23.8 Å². The minimum absolute atomic E-state index is 0. The van der Waals surface area contributed by atoms with Crippen LogP contribution in [0, 0.1) is 0 Å². The van der Waals surface area contributed by atoms with Gasteiger partial charge in [0.1, 0.15) is 0 Å². The molecule has 14 heavy (non-hydrogen) atoms. The van der Waals surface area contributed by atoms with Crippen LogP contribution in [0.25, 0.3) is 0 Å². The Morgan fingerprint density at radius 3 is 3.07 bits per heavy atom. The monoisotopic (exact) mass is 218 g/mol. The average molecular weight is 219 g/mol. The molecule has 0 fully saturated rings. The Morgan fingerprint density at radius 1 is 1.50 bits per heavy atom. The van der Waals surface area contributed by atoms with Gasteiger partial charge in [-0.1, -0.05) is 6.07 Å². The standard InChI is InChI=1S/C10H13NO2.ClH/c1-7(11)4-8-2-3-9-10(5-8)13-6-12-9;/h2-3,5,7H,4,6,11H2,1H3;1H/i1D3;. The first-order valence-electron chi connectivity index (χ1n) is 5.61. The van der Waals surface area contributed by atoms with Gasteiger partial charge in [-0.2, -0.15) is 0 Å². The minimum Gasteiger partial charge on any atom is -0.454 e. The molecule has 0 saturated heterocycles. The predicted octanol–water partition coefficient (Wildman–Crippen LogP) is 1.73. The maximum absolute atomic E-state index is 7.19. The van der Waals surface area contributed by atoms with Crippen LogP contribution in [-0.4, -0.2) is 12.8 Å². The molecule has 1 heterocycles. The minimum atomic E-state index is -2.13. The summed E-state index contributed by atoms with van der Waals surface area (Å²) in [5.41, 5.74) is 6.43. The van der Waals surface area contributed by atoms with Crippen molar-refractivity contribution in [2.75, 3.05) is 6.79 Å². The molecule has 78 valence electrons. The van der Waals surface area contributed by atoms with E-state index in [1.54, 1.807) is 18.2 Å². The van der Waals surface area contributed by atoms with Gasteiger partial charge in [0.2, 0.25) is 6.79 Å². The number of ether oxygens (including phenoxy) is 2. The van der Waals surface area contributed by atoms with Crippen LogP contribution in [-0.2, 0) is 6.42 Å². The number of fused-ring (bicyclic) bond motifs is 1. The highest BCUT2D eigenvalue weighted by Crippen LogP contribution is 2.32. The van der Waals surface area contributed by atoms with E-state index in [1.807, 2.05) is 0 Å². The highest BCUT2D eigenvalue weighted by Gasteiger charge is 2.13. The number of hydrogen-bond donors (Lipinski definition) is 1. The fourth-order valence-electron chi connectivity index (χ4n) is 1.32. The van der Waals surface area contributed by atoms with E-state index in [1.165, 1.54) is 0 Å². The van der Waals surface area contributed by atoms with Crippen LogP contribution < -0.4 is 15.2 Å². The summed E-state index contributed by atoms with van der Waals surface area (Å²) in [4.78, 5) is 0. The fourth-order valence-corrected chi connectivity index (χ4v) is 1.32. The van der Waals surface area contributed by atoms with Crippen molar-refractivity contribution < 1.29 is 13.6 Å². The third kappa shape index (κ3) is 2.30. The number of hydrogen-bond acceptors (Lipinski definition) is 3. The fraction of sp³-hybridized carbons (Fsp3) is 0.400. The first kappa shape index (κ1) is 7.37. The molecule has 3 nitrogen and oxygen atoms in total. The van der Waals surface area contributed by atoms with Crippen molar-refractivity contribution in [2.45, 2.75) is 19.3 Å². The molecule has 1 aliphatic rings. The topological polar surface area (TPSA) is 44.5 Å². The van der Waals surface area contributed by atoms with E-state index < -0.39 is 12.9 Å². The predicted molar refractivity (Wildman–Crippen MR) is 57.2 cm³/mol. The summed E-state index contributed by atoms with van der Waals surface area (Å²) in [6.45, 7) is -1.92. The molecule has 1 atom stereocenters. The SMILES string of the molecule is Cl.[2H]C([2H])([2H])C(N)Cc1ccc2c(c1)OCO2. The van der Waals surface area contributed by atoms with Crippen molar-refractivity contribution >= 4 is 12.4 Å². The van der Waals surface area contributed by atoms with Gasteiger partial charge in [-0.25, -0.2) is 0 Å². The Labute approximate surface area is 93.8 Å². The summed E-state index contributed by atoms with van der Waals surface area (Å²) in [7, 11) is 0. The molecule has 0 saturated carbocycles. The van der Waals surface area contributed by atoms with Crippen LogP contribution in [0.4, 0.5) is 0 Å². The van der Waals surface area contributed by atoms with Gasteiger partial charge in [0, 0.05) is 10.2 Å². The summed E-state index contributed by atoms with van der Waals surface area (Å²) >= 11 is 0. The van der Waals surface area contributed by atoms with E-state index in [0.717, 1.165) is 5.56 Å². The Hall–Kier alpha value is -0.930. The molecule has 0 aromatic heterocycles. The molecule has 0 aliphatic carbocycles. The summed E-state index contributed by atoms with van der Waals surface area (Å²) in [6.07, 6.45) is 0.299. The van der Waals surface area contributed by atoms with Crippen LogP contribution >= 0.6 is 12.4 Å². The molecule has 1 unspecified atom stereocenters. The van der Waals surface area contributed by atoms with Gasteiger partial charge in [0.25, 0.3) is 0 Å². The summed E-state index contributed by atoms with van der Waals surface area (Å²) < 4.78 is 31.9. The molecular weight excluding hydrogens is 202 g/mol. The Bertz CT molecular complexity index is 398. The van der Waals surface area contributed by atoms with Crippen LogP contribution in [0.3, 0.4) is 0 Å². The number of rotatable bonds is 2. The molecule has 0 amide bonds. The second-order valence-corrected chi connectivity index (χ2v) is 3.00. The van der Waals surface area contributed by atoms with Crippen molar-refractivity contribution in [3.63, 3.8) is 0 Å². The second-order valence-electron chi connectivity index (χ2n) is 3.00. The molecule has 2 N–H and O–H groups in total. The zero-order valence-corrected chi connectivity index (χ0v) is 8.34. The maximum atomic E-state index is 7.19. The van der Waals surface area contributed by atoms with Crippen molar-refractivity contribution in [3.8, 4) is 11.5 Å². The van der Waals surface area contributed by atoms with Gasteiger partial charge in [0.15, 0.2) is 11.5 Å². The smallest absolute Gasteiger partial charge is 0.231 e. The molecular formula is C10H14ClNO2. The highest BCUT2D eigenvalue weighted by atomic mass is 35.5. The summed E-state index contributed by atoms with van der Waals surface area (Å²) in [5, 5.41) is 0. The maximum Gasteiger partial charge on any atom is 0.231 e. The number of benzene rings is 1. The van der Waals surface area contributed by atoms with E-state index in [0.29, 0.717) is 17.9 Å². The normalized spacial score (nSPS) is 18.8. The Balaban J connectivity index is 0.00000144. The first-order valence-corrected chi connectivity index (χ1v) is 4.11. The van der Waals surface area contributed by atoms with Crippen molar-refractivity contribution in [2.24, 2.45) is 5.73 Å². The molecule has 1 aromatic rings. The first-order chi connectivity index (χ1) is 7.47. The van der Waals surface area contributed by atoms with Gasteiger partial charge in [0.05, 0.1) is 0 Å². The highest BCUT2D eigenvalue weighted by molar-refractivity contribution is 5.85. The Kier molecular flexibility index (Phi) is 2.39. The average Bonchev–Trinajstić information content (AvgIpc) is 2.63. The van der Waals surface area contributed by atoms with Crippen LogP contribution in [0.2, 0.25) is 0 Å². The summed E-state index contributed by atoms with van der Waals surface area (Å²) in [6, 6.07) is 4.49.